The molecule has 8 nitrogen and oxygen atoms in total. The van der Waals surface area contributed by atoms with Crippen LogP contribution in [0.5, 0.6) is 0 Å². The lowest BCUT2D eigenvalue weighted by Crippen LogP contribution is -2.47. The molecule has 0 radical (unpaired) electrons. The molecule has 1 aliphatic heterocycles. The topological polar surface area (TPSA) is 75.4 Å². The first-order valence-electron chi connectivity index (χ1n) is 12.8. The molecule has 188 valence electrons. The van der Waals surface area contributed by atoms with Gasteiger partial charge in [0, 0.05) is 56.2 Å². The van der Waals surface area contributed by atoms with Crippen molar-refractivity contribution >= 4 is 33.4 Å². The van der Waals surface area contributed by atoms with Crippen molar-refractivity contribution in [3.8, 4) is 0 Å². The van der Waals surface area contributed by atoms with Gasteiger partial charge in [-0.05, 0) is 37.6 Å². The zero-order valence-electron chi connectivity index (χ0n) is 21.1. The summed E-state index contributed by atoms with van der Waals surface area (Å²) in [6.07, 6.45) is 3.20. The summed E-state index contributed by atoms with van der Waals surface area (Å²) in [4.78, 5) is 31.3. The molecular weight excluding hydrogens is 452 g/mol. The number of nitrogens with zero attached hydrogens (tertiary/aromatic N) is 5. The van der Waals surface area contributed by atoms with Crippen molar-refractivity contribution in [3.05, 3.63) is 71.1 Å². The number of hydrogen-bond acceptors (Lipinski definition) is 5. The summed E-state index contributed by atoms with van der Waals surface area (Å²) in [5.41, 5.74) is 2.51. The smallest absolute Gasteiger partial charge is 0.291 e. The van der Waals surface area contributed by atoms with Gasteiger partial charge < -0.3 is 14.8 Å². The Morgan fingerprint density at radius 1 is 1.00 bits per heavy atom. The Morgan fingerprint density at radius 2 is 1.72 bits per heavy atom. The van der Waals surface area contributed by atoms with Crippen LogP contribution >= 0.6 is 0 Å². The molecule has 0 saturated carbocycles. The van der Waals surface area contributed by atoms with Gasteiger partial charge in [-0.3, -0.25) is 14.5 Å². The zero-order valence-corrected chi connectivity index (χ0v) is 21.1. The maximum atomic E-state index is 13.3. The largest absolute Gasteiger partial charge is 0.369 e. The van der Waals surface area contributed by atoms with E-state index >= 15 is 0 Å². The van der Waals surface area contributed by atoms with Crippen molar-refractivity contribution in [1.82, 2.24) is 24.6 Å². The molecule has 1 N–H and O–H groups in total. The number of fused-ring (bicyclic) bond motifs is 3. The third-order valence-electron chi connectivity index (χ3n) is 7.25. The molecule has 1 fully saturated rings. The number of aryl methyl sites for hydroxylation is 1. The van der Waals surface area contributed by atoms with Gasteiger partial charge in [-0.1, -0.05) is 43.3 Å². The lowest BCUT2D eigenvalue weighted by atomic mass is 10.2. The SMILES string of the molecule is CC[C@H](C(=O)NCCCN1CCN(c2ccccc2)CC1)n1c2ccccc2c2cnn(C)c(=O)c21. The van der Waals surface area contributed by atoms with Crippen LogP contribution in [0.3, 0.4) is 0 Å². The van der Waals surface area contributed by atoms with Crippen molar-refractivity contribution in [3.63, 3.8) is 0 Å². The van der Waals surface area contributed by atoms with E-state index in [2.05, 4.69) is 50.5 Å². The van der Waals surface area contributed by atoms with Crippen LogP contribution in [0.15, 0.2) is 65.6 Å². The van der Waals surface area contributed by atoms with Gasteiger partial charge in [-0.2, -0.15) is 5.10 Å². The maximum Gasteiger partial charge on any atom is 0.291 e. The number of benzene rings is 2. The molecule has 2 aromatic carbocycles. The number of amides is 1. The highest BCUT2D eigenvalue weighted by atomic mass is 16.2. The Bertz CT molecular complexity index is 1400. The Hall–Kier alpha value is -3.65. The van der Waals surface area contributed by atoms with Crippen LogP contribution < -0.4 is 15.8 Å². The number of aromatic nitrogens is 3. The van der Waals surface area contributed by atoms with Gasteiger partial charge in [0.2, 0.25) is 5.91 Å². The number of hydrogen-bond donors (Lipinski definition) is 1. The van der Waals surface area contributed by atoms with Gasteiger partial charge in [-0.25, -0.2) is 4.68 Å². The third-order valence-corrected chi connectivity index (χ3v) is 7.25. The molecule has 8 heteroatoms. The number of para-hydroxylation sites is 2. The van der Waals surface area contributed by atoms with Crippen LogP contribution in [-0.2, 0) is 11.8 Å². The fraction of sp³-hybridized carbons (Fsp3) is 0.393. The van der Waals surface area contributed by atoms with Crippen molar-refractivity contribution in [1.29, 1.82) is 0 Å². The van der Waals surface area contributed by atoms with E-state index in [1.54, 1.807) is 13.2 Å². The molecule has 5 rings (SSSR count). The fourth-order valence-corrected chi connectivity index (χ4v) is 5.30. The molecule has 0 spiro atoms. The zero-order chi connectivity index (χ0) is 25.1. The molecule has 3 heterocycles. The van der Waals surface area contributed by atoms with Crippen molar-refractivity contribution in [2.24, 2.45) is 7.05 Å². The number of nitrogens with one attached hydrogen (secondary N) is 1. The highest BCUT2D eigenvalue weighted by molar-refractivity contribution is 6.08. The van der Waals surface area contributed by atoms with Gasteiger partial charge in [0.25, 0.3) is 5.56 Å². The summed E-state index contributed by atoms with van der Waals surface area (Å²) in [5, 5.41) is 9.08. The second kappa shape index (κ2) is 10.5. The second-order valence-electron chi connectivity index (χ2n) is 9.46. The lowest BCUT2D eigenvalue weighted by Gasteiger charge is -2.36. The minimum atomic E-state index is -0.461. The van der Waals surface area contributed by atoms with Gasteiger partial charge in [0.15, 0.2) is 0 Å². The van der Waals surface area contributed by atoms with E-state index < -0.39 is 6.04 Å². The molecule has 0 unspecified atom stereocenters. The second-order valence-corrected chi connectivity index (χ2v) is 9.46. The summed E-state index contributed by atoms with van der Waals surface area (Å²) < 4.78 is 3.24. The number of carbonyl (C=O) groups is 1. The van der Waals surface area contributed by atoms with Crippen LogP contribution in [0.4, 0.5) is 5.69 Å². The number of anilines is 1. The van der Waals surface area contributed by atoms with Gasteiger partial charge in [-0.15, -0.1) is 0 Å². The molecule has 0 bridgehead atoms. The first kappa shape index (κ1) is 24.1. The van der Waals surface area contributed by atoms with E-state index in [0.29, 0.717) is 18.5 Å². The molecule has 0 aliphatic carbocycles. The highest BCUT2D eigenvalue weighted by Gasteiger charge is 2.25. The predicted octanol–water partition coefficient (Wildman–Crippen LogP) is 3.17. The Balaban J connectivity index is 1.22. The Labute approximate surface area is 211 Å². The van der Waals surface area contributed by atoms with E-state index in [1.807, 2.05) is 35.8 Å². The fourth-order valence-electron chi connectivity index (χ4n) is 5.30. The predicted molar refractivity (Wildman–Crippen MR) is 145 cm³/mol. The molecular formula is C28H34N6O2. The van der Waals surface area contributed by atoms with Gasteiger partial charge in [0.1, 0.15) is 11.6 Å². The first-order chi connectivity index (χ1) is 17.6. The molecule has 2 aromatic heterocycles. The molecule has 1 aliphatic rings. The monoisotopic (exact) mass is 486 g/mol. The minimum absolute atomic E-state index is 0.0482. The molecule has 36 heavy (non-hydrogen) atoms. The quantitative estimate of drug-likeness (QED) is 0.387. The molecule has 1 amide bonds. The Kier molecular flexibility index (Phi) is 7.04. The van der Waals surface area contributed by atoms with Crippen LogP contribution in [-0.4, -0.2) is 64.4 Å². The average Bonchev–Trinajstić information content (AvgIpc) is 3.25. The summed E-state index contributed by atoms with van der Waals surface area (Å²) in [5.74, 6) is -0.0482. The maximum absolute atomic E-state index is 13.3. The van der Waals surface area contributed by atoms with E-state index in [0.717, 1.165) is 55.4 Å². The Morgan fingerprint density at radius 3 is 2.47 bits per heavy atom. The van der Waals surface area contributed by atoms with Gasteiger partial charge in [0.05, 0.1) is 11.7 Å². The minimum Gasteiger partial charge on any atom is -0.369 e. The standard InChI is InChI=1S/C28H34N6O2/c1-3-24(34-25-13-8-7-12-22(25)23-20-30-31(2)28(36)26(23)34)27(35)29-14-9-15-32-16-18-33(19-17-32)21-10-5-4-6-11-21/h4-8,10-13,20,24H,3,9,14-19H2,1-2H3,(H,29,35)/t24-/m1/s1. The average molecular weight is 487 g/mol. The van der Waals surface area contributed by atoms with Crippen LogP contribution in [0.2, 0.25) is 0 Å². The summed E-state index contributed by atoms with van der Waals surface area (Å²) in [7, 11) is 1.64. The van der Waals surface area contributed by atoms with Gasteiger partial charge >= 0.3 is 0 Å². The summed E-state index contributed by atoms with van der Waals surface area (Å²) >= 11 is 0. The van der Waals surface area contributed by atoms with Crippen LogP contribution in [0, 0.1) is 0 Å². The lowest BCUT2D eigenvalue weighted by molar-refractivity contribution is -0.124. The third kappa shape index (κ3) is 4.60. The number of piperazine rings is 1. The molecule has 4 aromatic rings. The summed E-state index contributed by atoms with van der Waals surface area (Å²) in [6.45, 7) is 7.66. The molecule has 1 atom stereocenters. The number of rotatable bonds is 8. The van der Waals surface area contributed by atoms with E-state index in [9.17, 15) is 9.59 Å². The van der Waals surface area contributed by atoms with E-state index in [-0.39, 0.29) is 11.5 Å². The van der Waals surface area contributed by atoms with Crippen LogP contribution in [0.25, 0.3) is 21.8 Å². The molecule has 1 saturated heterocycles. The van der Waals surface area contributed by atoms with Crippen molar-refractivity contribution < 1.29 is 4.79 Å². The van der Waals surface area contributed by atoms with E-state index in [1.165, 1.54) is 10.4 Å². The van der Waals surface area contributed by atoms with E-state index in [4.69, 9.17) is 0 Å². The number of carbonyl (C=O) groups excluding carboxylic acids is 1. The van der Waals surface area contributed by atoms with Crippen molar-refractivity contribution in [2.75, 3.05) is 44.2 Å². The normalized spacial score (nSPS) is 15.4. The highest BCUT2D eigenvalue weighted by Crippen LogP contribution is 2.30. The van der Waals surface area contributed by atoms with Crippen LogP contribution in [0.1, 0.15) is 25.8 Å². The summed E-state index contributed by atoms with van der Waals surface area (Å²) in [6, 6.07) is 17.9. The first-order valence-corrected chi connectivity index (χ1v) is 12.8. The van der Waals surface area contributed by atoms with Crippen molar-refractivity contribution in [2.45, 2.75) is 25.8 Å².